The molecule has 1 aliphatic heterocycles. The van der Waals surface area contributed by atoms with E-state index in [4.69, 9.17) is 16.6 Å². The number of likely N-dealkylation sites (N-methyl/N-ethyl adjacent to an activating group) is 1. The Bertz CT molecular complexity index is 515. The third-order valence-electron chi connectivity index (χ3n) is 4.67. The molecule has 1 unspecified atom stereocenters. The Labute approximate surface area is 132 Å². The minimum atomic E-state index is 0.509. The lowest BCUT2D eigenvalue weighted by Crippen LogP contribution is -2.40. The molecule has 1 aromatic rings. The van der Waals surface area contributed by atoms with Gasteiger partial charge in [-0.3, -0.25) is 0 Å². The number of hydrogen-bond donors (Lipinski definition) is 0. The standard InChI is InChI=1S/C16H25ClN4/c1-4-13-10-20(3)8-5-9-21(13)16-11(2)14(17)18-15(19-16)12-6-7-12/h12-13H,4-10H2,1-3H3. The summed E-state index contributed by atoms with van der Waals surface area (Å²) in [4.78, 5) is 14.3. The summed E-state index contributed by atoms with van der Waals surface area (Å²) in [7, 11) is 2.21. The first-order valence-corrected chi connectivity index (χ1v) is 8.47. The van der Waals surface area contributed by atoms with Crippen LogP contribution in [0, 0.1) is 6.92 Å². The molecule has 3 rings (SSSR count). The van der Waals surface area contributed by atoms with Crippen LogP contribution in [0.2, 0.25) is 5.15 Å². The molecule has 4 nitrogen and oxygen atoms in total. The predicted molar refractivity (Wildman–Crippen MR) is 87.3 cm³/mol. The van der Waals surface area contributed by atoms with E-state index in [1.54, 1.807) is 0 Å². The average Bonchev–Trinajstić information content (AvgIpc) is 3.29. The van der Waals surface area contributed by atoms with Gasteiger partial charge in [0.25, 0.3) is 0 Å². The largest absolute Gasteiger partial charge is 0.352 e. The second kappa shape index (κ2) is 6.09. The molecule has 0 amide bonds. The van der Waals surface area contributed by atoms with Crippen LogP contribution in [-0.4, -0.2) is 47.6 Å². The summed E-state index contributed by atoms with van der Waals surface area (Å²) < 4.78 is 0. The molecule has 0 radical (unpaired) electrons. The van der Waals surface area contributed by atoms with Crippen LogP contribution in [-0.2, 0) is 0 Å². The van der Waals surface area contributed by atoms with Crippen molar-refractivity contribution >= 4 is 17.4 Å². The zero-order chi connectivity index (χ0) is 15.0. The molecule has 21 heavy (non-hydrogen) atoms. The highest BCUT2D eigenvalue weighted by molar-refractivity contribution is 6.30. The Balaban J connectivity index is 1.96. The van der Waals surface area contributed by atoms with Gasteiger partial charge in [-0.2, -0.15) is 0 Å². The molecular formula is C16H25ClN4. The summed E-state index contributed by atoms with van der Waals surface area (Å²) in [6, 6.07) is 0.509. The summed E-state index contributed by atoms with van der Waals surface area (Å²) in [5.41, 5.74) is 1.03. The summed E-state index contributed by atoms with van der Waals surface area (Å²) in [5, 5.41) is 0.634. The van der Waals surface area contributed by atoms with Gasteiger partial charge in [0.05, 0.1) is 0 Å². The zero-order valence-electron chi connectivity index (χ0n) is 13.3. The van der Waals surface area contributed by atoms with E-state index in [1.807, 2.05) is 0 Å². The monoisotopic (exact) mass is 308 g/mol. The van der Waals surface area contributed by atoms with Crippen LogP contribution < -0.4 is 4.90 Å². The van der Waals surface area contributed by atoms with Crippen LogP contribution in [0.25, 0.3) is 0 Å². The van der Waals surface area contributed by atoms with Crippen molar-refractivity contribution in [3.8, 4) is 0 Å². The summed E-state index contributed by atoms with van der Waals surface area (Å²) in [5.74, 6) is 2.56. The Morgan fingerprint density at radius 1 is 1.24 bits per heavy atom. The Kier molecular flexibility index (Phi) is 4.36. The van der Waals surface area contributed by atoms with Crippen LogP contribution in [0.3, 0.4) is 0 Å². The number of anilines is 1. The van der Waals surface area contributed by atoms with Gasteiger partial charge in [-0.05, 0) is 46.2 Å². The quantitative estimate of drug-likeness (QED) is 0.803. The molecule has 0 spiro atoms. The van der Waals surface area contributed by atoms with Crippen LogP contribution in [0.1, 0.15) is 49.9 Å². The Morgan fingerprint density at radius 3 is 2.67 bits per heavy atom. The highest BCUT2D eigenvalue weighted by Gasteiger charge is 2.30. The highest BCUT2D eigenvalue weighted by Crippen LogP contribution is 2.40. The van der Waals surface area contributed by atoms with Gasteiger partial charge in [0, 0.05) is 30.6 Å². The maximum atomic E-state index is 6.38. The number of nitrogens with zero attached hydrogens (tertiary/aromatic N) is 4. The van der Waals surface area contributed by atoms with Crippen LogP contribution in [0.4, 0.5) is 5.82 Å². The van der Waals surface area contributed by atoms with Crippen molar-refractivity contribution in [3.63, 3.8) is 0 Å². The van der Waals surface area contributed by atoms with Gasteiger partial charge < -0.3 is 9.80 Å². The molecular weight excluding hydrogens is 284 g/mol. The maximum Gasteiger partial charge on any atom is 0.137 e. The van der Waals surface area contributed by atoms with Gasteiger partial charge in [-0.25, -0.2) is 9.97 Å². The Morgan fingerprint density at radius 2 is 2.00 bits per heavy atom. The third-order valence-corrected chi connectivity index (χ3v) is 5.03. The first-order valence-electron chi connectivity index (χ1n) is 8.09. The fourth-order valence-electron chi connectivity index (χ4n) is 3.17. The fraction of sp³-hybridized carbons (Fsp3) is 0.750. The molecule has 0 aromatic carbocycles. The van der Waals surface area contributed by atoms with Gasteiger partial charge in [0.1, 0.15) is 16.8 Å². The topological polar surface area (TPSA) is 32.3 Å². The number of hydrogen-bond acceptors (Lipinski definition) is 4. The summed E-state index contributed by atoms with van der Waals surface area (Å²) >= 11 is 6.38. The van der Waals surface area contributed by atoms with Crippen molar-refractivity contribution in [3.05, 3.63) is 16.5 Å². The van der Waals surface area contributed by atoms with Crippen LogP contribution in [0.15, 0.2) is 0 Å². The normalized spacial score (nSPS) is 24.2. The van der Waals surface area contributed by atoms with Gasteiger partial charge in [0.2, 0.25) is 0 Å². The lowest BCUT2D eigenvalue weighted by Gasteiger charge is -2.32. The smallest absolute Gasteiger partial charge is 0.137 e. The molecule has 0 N–H and O–H groups in total. The lowest BCUT2D eigenvalue weighted by atomic mass is 10.1. The van der Waals surface area contributed by atoms with Gasteiger partial charge in [-0.1, -0.05) is 18.5 Å². The van der Waals surface area contributed by atoms with Crippen LogP contribution >= 0.6 is 11.6 Å². The van der Waals surface area contributed by atoms with Crippen molar-refractivity contribution in [1.29, 1.82) is 0 Å². The average molecular weight is 309 g/mol. The first kappa shape index (κ1) is 15.0. The van der Waals surface area contributed by atoms with E-state index in [9.17, 15) is 0 Å². The van der Waals surface area contributed by atoms with E-state index in [1.165, 1.54) is 19.3 Å². The van der Waals surface area contributed by atoms with Crippen molar-refractivity contribution in [2.75, 3.05) is 31.6 Å². The summed E-state index contributed by atoms with van der Waals surface area (Å²) in [6.07, 6.45) is 4.72. The van der Waals surface area contributed by atoms with E-state index in [0.29, 0.717) is 17.1 Å². The number of rotatable bonds is 3. The predicted octanol–water partition coefficient (Wildman–Crippen LogP) is 3.24. The van der Waals surface area contributed by atoms with E-state index >= 15 is 0 Å². The van der Waals surface area contributed by atoms with Crippen molar-refractivity contribution in [2.24, 2.45) is 0 Å². The third kappa shape index (κ3) is 3.16. The molecule has 1 saturated heterocycles. The summed E-state index contributed by atoms with van der Waals surface area (Å²) in [6.45, 7) is 7.62. The van der Waals surface area contributed by atoms with Crippen LogP contribution in [0.5, 0.6) is 0 Å². The van der Waals surface area contributed by atoms with E-state index in [-0.39, 0.29) is 0 Å². The minimum Gasteiger partial charge on any atom is -0.352 e. The number of halogens is 1. The molecule has 1 aromatic heterocycles. The Hall–Kier alpha value is -0.870. The van der Waals surface area contributed by atoms with Crippen molar-refractivity contribution in [2.45, 2.75) is 51.5 Å². The van der Waals surface area contributed by atoms with Gasteiger partial charge in [-0.15, -0.1) is 0 Å². The molecule has 2 fully saturated rings. The van der Waals surface area contributed by atoms with Gasteiger partial charge >= 0.3 is 0 Å². The molecule has 1 saturated carbocycles. The molecule has 1 aliphatic carbocycles. The fourth-order valence-corrected chi connectivity index (χ4v) is 3.34. The highest BCUT2D eigenvalue weighted by atomic mass is 35.5. The van der Waals surface area contributed by atoms with E-state index < -0.39 is 0 Å². The second-order valence-corrected chi connectivity index (χ2v) is 6.82. The zero-order valence-corrected chi connectivity index (χ0v) is 14.0. The molecule has 1 atom stereocenters. The second-order valence-electron chi connectivity index (χ2n) is 6.47. The molecule has 116 valence electrons. The SMILES string of the molecule is CCC1CN(C)CCCN1c1nc(C2CC2)nc(Cl)c1C. The first-order chi connectivity index (χ1) is 10.1. The molecule has 2 heterocycles. The molecule has 5 heteroatoms. The molecule has 0 bridgehead atoms. The van der Waals surface area contributed by atoms with E-state index in [0.717, 1.165) is 43.3 Å². The van der Waals surface area contributed by atoms with Crippen molar-refractivity contribution < 1.29 is 0 Å². The lowest BCUT2D eigenvalue weighted by molar-refractivity contribution is 0.327. The van der Waals surface area contributed by atoms with Crippen molar-refractivity contribution in [1.82, 2.24) is 14.9 Å². The number of aromatic nitrogens is 2. The molecule has 2 aliphatic rings. The van der Waals surface area contributed by atoms with E-state index in [2.05, 4.69) is 35.7 Å². The maximum absolute atomic E-state index is 6.38. The minimum absolute atomic E-state index is 0.509. The van der Waals surface area contributed by atoms with Gasteiger partial charge in [0.15, 0.2) is 0 Å².